The molecule has 0 spiro atoms. The molecule has 4 heteroatoms. The molecule has 72 valence electrons. The predicted octanol–water partition coefficient (Wildman–Crippen LogP) is 2.84. The van der Waals surface area contributed by atoms with Gasteiger partial charge in [-0.2, -0.15) is 15.2 Å². The van der Waals surface area contributed by atoms with Gasteiger partial charge in [0.1, 0.15) is 0 Å². The monoisotopic (exact) mass is 189 g/mol. The number of rotatable bonds is 3. The SMILES string of the molecule is CC(C)(N=C=O)N=Nc1ccccc1. The lowest BCUT2D eigenvalue weighted by atomic mass is 10.3. The van der Waals surface area contributed by atoms with Crippen LogP contribution in [0.15, 0.2) is 45.6 Å². The van der Waals surface area contributed by atoms with E-state index in [1.54, 1.807) is 13.8 Å². The van der Waals surface area contributed by atoms with E-state index in [-0.39, 0.29) is 0 Å². The third kappa shape index (κ3) is 3.29. The van der Waals surface area contributed by atoms with Gasteiger partial charge < -0.3 is 0 Å². The summed E-state index contributed by atoms with van der Waals surface area (Å²) in [7, 11) is 0. The first-order valence-electron chi connectivity index (χ1n) is 4.21. The maximum Gasteiger partial charge on any atom is 0.237 e. The van der Waals surface area contributed by atoms with Crippen LogP contribution in [0.2, 0.25) is 0 Å². The third-order valence-corrected chi connectivity index (χ3v) is 1.49. The van der Waals surface area contributed by atoms with Gasteiger partial charge in [-0.1, -0.05) is 18.2 Å². The van der Waals surface area contributed by atoms with E-state index in [1.165, 1.54) is 6.08 Å². The summed E-state index contributed by atoms with van der Waals surface area (Å²) in [4.78, 5) is 13.5. The lowest BCUT2D eigenvalue weighted by molar-refractivity contribution is 0.504. The zero-order chi connectivity index (χ0) is 10.4. The van der Waals surface area contributed by atoms with Crippen LogP contribution < -0.4 is 0 Å². The van der Waals surface area contributed by atoms with Gasteiger partial charge in [-0.15, -0.1) is 0 Å². The molecule has 1 rings (SSSR count). The van der Waals surface area contributed by atoms with Crippen molar-refractivity contribution in [3.63, 3.8) is 0 Å². The lowest BCUT2D eigenvalue weighted by Gasteiger charge is -2.07. The molecule has 4 nitrogen and oxygen atoms in total. The summed E-state index contributed by atoms with van der Waals surface area (Å²) < 4.78 is 0. The molecule has 0 aliphatic carbocycles. The van der Waals surface area contributed by atoms with Crippen LogP contribution in [0.25, 0.3) is 0 Å². The molecule has 0 amide bonds. The molecule has 0 bridgehead atoms. The number of hydrogen-bond donors (Lipinski definition) is 0. The van der Waals surface area contributed by atoms with E-state index in [0.717, 1.165) is 5.69 Å². The number of hydrogen-bond acceptors (Lipinski definition) is 4. The molecule has 0 saturated heterocycles. The normalized spacial score (nSPS) is 11.3. The highest BCUT2D eigenvalue weighted by Crippen LogP contribution is 2.16. The standard InChI is InChI=1S/C10H11N3O/c1-10(2,11-8-14)13-12-9-6-4-3-5-7-9/h3-7H,1-2H3. The topological polar surface area (TPSA) is 54.1 Å². The Labute approximate surface area is 82.4 Å². The smallest absolute Gasteiger partial charge is 0.211 e. The summed E-state index contributed by atoms with van der Waals surface area (Å²) >= 11 is 0. The minimum atomic E-state index is -0.836. The van der Waals surface area contributed by atoms with Crippen LogP contribution in [0.4, 0.5) is 5.69 Å². The molecule has 0 saturated carbocycles. The molecular weight excluding hydrogens is 178 g/mol. The molecule has 0 heterocycles. The summed E-state index contributed by atoms with van der Waals surface area (Å²) in [6, 6.07) is 9.27. The van der Waals surface area contributed by atoms with Gasteiger partial charge >= 0.3 is 0 Å². The number of benzene rings is 1. The number of carbonyl (C=O) groups excluding carboxylic acids is 1. The van der Waals surface area contributed by atoms with E-state index >= 15 is 0 Å². The second-order valence-electron chi connectivity index (χ2n) is 3.23. The Morgan fingerprint density at radius 1 is 1.21 bits per heavy atom. The van der Waals surface area contributed by atoms with Gasteiger partial charge in [0.25, 0.3) is 0 Å². The molecule has 0 aromatic heterocycles. The lowest BCUT2D eigenvalue weighted by Crippen LogP contribution is -2.10. The molecule has 1 aromatic carbocycles. The summed E-state index contributed by atoms with van der Waals surface area (Å²) in [5.74, 6) is 0. The highest BCUT2D eigenvalue weighted by molar-refractivity contribution is 5.36. The Balaban J connectivity index is 2.78. The molecule has 0 radical (unpaired) electrons. The second kappa shape index (κ2) is 4.44. The van der Waals surface area contributed by atoms with Crippen LogP contribution >= 0.6 is 0 Å². The third-order valence-electron chi connectivity index (χ3n) is 1.49. The fraction of sp³-hybridized carbons (Fsp3) is 0.300. The Morgan fingerprint density at radius 2 is 1.86 bits per heavy atom. The number of azo groups is 1. The predicted molar refractivity (Wildman–Crippen MR) is 53.2 cm³/mol. The Hall–Kier alpha value is -1.80. The van der Waals surface area contributed by atoms with Crippen molar-refractivity contribution in [3.8, 4) is 0 Å². The number of nitrogens with zero attached hydrogens (tertiary/aromatic N) is 3. The van der Waals surface area contributed by atoms with E-state index in [4.69, 9.17) is 0 Å². The van der Waals surface area contributed by atoms with Crippen molar-refractivity contribution in [3.05, 3.63) is 30.3 Å². The average Bonchev–Trinajstić information content (AvgIpc) is 2.17. The molecule has 0 aliphatic heterocycles. The number of isocyanates is 1. The highest BCUT2D eigenvalue weighted by Gasteiger charge is 2.13. The summed E-state index contributed by atoms with van der Waals surface area (Å²) in [6.07, 6.45) is 1.47. The maximum atomic E-state index is 10.0. The Morgan fingerprint density at radius 3 is 2.43 bits per heavy atom. The minimum Gasteiger partial charge on any atom is -0.211 e. The molecule has 1 aromatic rings. The quantitative estimate of drug-likeness (QED) is 0.409. The molecule has 0 unspecified atom stereocenters. The van der Waals surface area contributed by atoms with Crippen LogP contribution in [0, 0.1) is 0 Å². The minimum absolute atomic E-state index is 0.738. The number of aliphatic imine (C=N–C) groups is 1. The fourth-order valence-corrected chi connectivity index (χ4v) is 0.809. The first-order chi connectivity index (χ1) is 6.64. The van der Waals surface area contributed by atoms with E-state index in [2.05, 4.69) is 15.2 Å². The summed E-state index contributed by atoms with van der Waals surface area (Å²) in [5, 5.41) is 7.86. The van der Waals surface area contributed by atoms with Crippen LogP contribution in [0.3, 0.4) is 0 Å². The van der Waals surface area contributed by atoms with Gasteiger partial charge in [0, 0.05) is 0 Å². The van der Waals surface area contributed by atoms with Crippen molar-refractivity contribution in [2.45, 2.75) is 19.5 Å². The van der Waals surface area contributed by atoms with E-state index in [9.17, 15) is 4.79 Å². The van der Waals surface area contributed by atoms with Crippen molar-refractivity contribution in [1.82, 2.24) is 0 Å². The maximum absolute atomic E-state index is 10.0. The van der Waals surface area contributed by atoms with Gasteiger partial charge in [0.15, 0.2) is 5.66 Å². The fourth-order valence-electron chi connectivity index (χ4n) is 0.809. The van der Waals surface area contributed by atoms with Crippen LogP contribution in [-0.4, -0.2) is 11.7 Å². The zero-order valence-electron chi connectivity index (χ0n) is 8.14. The van der Waals surface area contributed by atoms with Crippen LogP contribution in [0.5, 0.6) is 0 Å². The second-order valence-corrected chi connectivity index (χ2v) is 3.23. The molecule has 0 fully saturated rings. The van der Waals surface area contributed by atoms with Crippen molar-refractivity contribution < 1.29 is 4.79 Å². The van der Waals surface area contributed by atoms with Gasteiger partial charge in [-0.25, -0.2) is 4.79 Å². The van der Waals surface area contributed by atoms with Gasteiger partial charge in [-0.3, -0.25) is 0 Å². The van der Waals surface area contributed by atoms with E-state index < -0.39 is 5.66 Å². The first-order valence-corrected chi connectivity index (χ1v) is 4.21. The van der Waals surface area contributed by atoms with Crippen molar-refractivity contribution in [2.24, 2.45) is 15.2 Å². The molecule has 0 atom stereocenters. The largest absolute Gasteiger partial charge is 0.237 e. The average molecular weight is 189 g/mol. The molecule has 0 aliphatic rings. The van der Waals surface area contributed by atoms with Crippen molar-refractivity contribution >= 4 is 11.8 Å². The van der Waals surface area contributed by atoms with E-state index in [1.807, 2.05) is 30.3 Å². The van der Waals surface area contributed by atoms with Crippen molar-refractivity contribution in [1.29, 1.82) is 0 Å². The van der Waals surface area contributed by atoms with Gasteiger partial charge in [0.05, 0.1) is 5.69 Å². The van der Waals surface area contributed by atoms with Crippen LogP contribution in [0.1, 0.15) is 13.8 Å². The first kappa shape index (κ1) is 10.3. The zero-order valence-corrected chi connectivity index (χ0v) is 8.14. The van der Waals surface area contributed by atoms with Crippen molar-refractivity contribution in [2.75, 3.05) is 0 Å². The molecule has 14 heavy (non-hydrogen) atoms. The molecular formula is C10H11N3O. The highest BCUT2D eigenvalue weighted by atomic mass is 16.1. The van der Waals surface area contributed by atoms with E-state index in [0.29, 0.717) is 0 Å². The van der Waals surface area contributed by atoms with Crippen LogP contribution in [-0.2, 0) is 4.79 Å². The van der Waals surface area contributed by atoms with Gasteiger partial charge in [0.2, 0.25) is 6.08 Å². The Bertz CT molecular complexity index is 364. The summed E-state index contributed by atoms with van der Waals surface area (Å²) in [6.45, 7) is 3.37. The molecule has 0 N–H and O–H groups in total. The summed E-state index contributed by atoms with van der Waals surface area (Å²) in [5.41, 5.74) is -0.0981. The van der Waals surface area contributed by atoms with Gasteiger partial charge in [-0.05, 0) is 26.0 Å². The Kier molecular flexibility index (Phi) is 3.26.